The van der Waals surface area contributed by atoms with E-state index in [0.29, 0.717) is 31.0 Å². The van der Waals surface area contributed by atoms with Crippen LogP contribution < -0.4 is 14.4 Å². The number of benzene rings is 1. The van der Waals surface area contributed by atoms with Crippen molar-refractivity contribution >= 4 is 21.6 Å². The third kappa shape index (κ3) is 8.53. The van der Waals surface area contributed by atoms with Gasteiger partial charge in [-0.1, -0.05) is 0 Å². The molecule has 0 aliphatic heterocycles. The van der Waals surface area contributed by atoms with E-state index < -0.39 is 10.0 Å². The van der Waals surface area contributed by atoms with Crippen LogP contribution in [0.25, 0.3) is 0 Å². The number of ether oxygens (including phenoxy) is 2. The molecule has 1 N–H and O–H groups in total. The predicted octanol–water partition coefficient (Wildman–Crippen LogP) is 2.17. The Labute approximate surface area is 156 Å². The molecule has 1 amide bonds. The molecule has 0 saturated carbocycles. The normalized spacial score (nSPS) is 11.7. The second-order valence-electron chi connectivity index (χ2n) is 6.55. The molecule has 1 rings (SSSR count). The quantitative estimate of drug-likeness (QED) is 0.589. The summed E-state index contributed by atoms with van der Waals surface area (Å²) in [7, 11) is -3.59. The van der Waals surface area contributed by atoms with Gasteiger partial charge in [-0.15, -0.1) is 0 Å². The second kappa shape index (κ2) is 10.4. The molecule has 26 heavy (non-hydrogen) atoms. The first kappa shape index (κ1) is 22.2. The van der Waals surface area contributed by atoms with Gasteiger partial charge in [0.1, 0.15) is 12.3 Å². The minimum absolute atomic E-state index is 0.0253. The van der Waals surface area contributed by atoms with Gasteiger partial charge in [0.25, 0.3) is 0 Å². The molecule has 0 aliphatic carbocycles. The van der Waals surface area contributed by atoms with Crippen LogP contribution in [-0.2, 0) is 19.6 Å². The third-order valence-electron chi connectivity index (χ3n) is 3.28. The molecule has 0 aromatic heterocycles. The van der Waals surface area contributed by atoms with Crippen molar-refractivity contribution in [2.45, 2.75) is 46.3 Å². The van der Waals surface area contributed by atoms with E-state index in [2.05, 4.69) is 5.32 Å². The number of anilines is 1. The molecule has 0 bridgehead atoms. The van der Waals surface area contributed by atoms with Crippen LogP contribution in [0.5, 0.6) is 5.75 Å². The summed E-state index contributed by atoms with van der Waals surface area (Å²) in [5.41, 5.74) is 0.418. The number of carbonyl (C=O) groups is 1. The van der Waals surface area contributed by atoms with E-state index in [4.69, 9.17) is 9.47 Å². The molecule has 0 unspecified atom stereocenters. The topological polar surface area (TPSA) is 84.9 Å². The zero-order chi connectivity index (χ0) is 19.7. The maximum atomic E-state index is 12.1. The van der Waals surface area contributed by atoms with E-state index in [1.165, 1.54) is 0 Å². The molecule has 1 aromatic rings. The van der Waals surface area contributed by atoms with Gasteiger partial charge in [0.2, 0.25) is 15.9 Å². The van der Waals surface area contributed by atoms with Crippen LogP contribution in [-0.4, -0.2) is 52.5 Å². The van der Waals surface area contributed by atoms with Gasteiger partial charge in [0, 0.05) is 13.2 Å². The lowest BCUT2D eigenvalue weighted by Crippen LogP contribution is -2.40. The zero-order valence-electron chi connectivity index (χ0n) is 16.2. The molecule has 8 heteroatoms. The molecular formula is C18H30N2O5S. The average molecular weight is 387 g/mol. The molecule has 1 aromatic carbocycles. The monoisotopic (exact) mass is 386 g/mol. The maximum absolute atomic E-state index is 12.1. The lowest BCUT2D eigenvalue weighted by atomic mass is 10.3. The van der Waals surface area contributed by atoms with Crippen LogP contribution in [0.2, 0.25) is 0 Å². The number of hydrogen-bond acceptors (Lipinski definition) is 5. The van der Waals surface area contributed by atoms with Gasteiger partial charge >= 0.3 is 0 Å². The Balaban J connectivity index is 2.66. The van der Waals surface area contributed by atoms with Crippen LogP contribution in [0.1, 0.15) is 34.1 Å². The fourth-order valence-corrected chi connectivity index (χ4v) is 3.02. The van der Waals surface area contributed by atoms with Crippen LogP contribution in [0, 0.1) is 0 Å². The van der Waals surface area contributed by atoms with Crippen molar-refractivity contribution in [3.05, 3.63) is 24.3 Å². The van der Waals surface area contributed by atoms with Crippen molar-refractivity contribution in [3.8, 4) is 5.75 Å². The van der Waals surface area contributed by atoms with Crippen molar-refractivity contribution in [2.24, 2.45) is 0 Å². The summed E-state index contributed by atoms with van der Waals surface area (Å²) in [6.45, 7) is 8.42. The van der Waals surface area contributed by atoms with Crippen LogP contribution in [0.15, 0.2) is 24.3 Å². The molecule has 0 atom stereocenters. The number of nitrogens with zero attached hydrogens (tertiary/aromatic N) is 1. The van der Waals surface area contributed by atoms with E-state index in [0.717, 1.165) is 10.6 Å². The average Bonchev–Trinajstić information content (AvgIpc) is 2.51. The highest BCUT2D eigenvalue weighted by Gasteiger charge is 2.20. The van der Waals surface area contributed by atoms with Crippen molar-refractivity contribution in [3.63, 3.8) is 0 Å². The molecule has 148 valence electrons. The van der Waals surface area contributed by atoms with Crippen molar-refractivity contribution in [1.29, 1.82) is 0 Å². The summed E-state index contributed by atoms with van der Waals surface area (Å²) in [4.78, 5) is 12.1. The second-order valence-corrected chi connectivity index (χ2v) is 8.46. The summed E-state index contributed by atoms with van der Waals surface area (Å²) < 4.78 is 36.2. The van der Waals surface area contributed by atoms with Gasteiger partial charge in [0.15, 0.2) is 0 Å². The lowest BCUT2D eigenvalue weighted by molar-refractivity contribution is -0.119. The number of rotatable bonds is 11. The standard InChI is InChI=1S/C18H30N2O5S/c1-14(2)24-12-6-11-19-18(21)13-20(26(5,22)23)16-7-9-17(10-8-16)25-15(3)4/h7-10,14-15H,6,11-13H2,1-5H3,(H,19,21). The molecule has 0 spiro atoms. The van der Waals surface area contributed by atoms with Gasteiger partial charge in [-0.3, -0.25) is 9.10 Å². The molecule has 0 aliphatic rings. The Morgan fingerprint density at radius 2 is 1.73 bits per heavy atom. The predicted molar refractivity (Wildman–Crippen MR) is 103 cm³/mol. The maximum Gasteiger partial charge on any atom is 0.240 e. The first-order valence-electron chi connectivity index (χ1n) is 8.72. The molecule has 0 radical (unpaired) electrons. The lowest BCUT2D eigenvalue weighted by Gasteiger charge is -2.22. The van der Waals surface area contributed by atoms with E-state index in [-0.39, 0.29) is 24.7 Å². The summed E-state index contributed by atoms with van der Waals surface area (Å²) in [6, 6.07) is 6.63. The van der Waals surface area contributed by atoms with Crippen molar-refractivity contribution in [1.82, 2.24) is 5.32 Å². The SMILES string of the molecule is CC(C)OCCCNC(=O)CN(c1ccc(OC(C)C)cc1)S(C)(=O)=O. The summed E-state index contributed by atoms with van der Waals surface area (Å²) in [5.74, 6) is 0.286. The van der Waals surface area contributed by atoms with E-state index in [9.17, 15) is 13.2 Å². The van der Waals surface area contributed by atoms with E-state index in [1.807, 2.05) is 27.7 Å². The minimum atomic E-state index is -3.59. The third-order valence-corrected chi connectivity index (χ3v) is 4.42. The number of nitrogens with one attached hydrogen (secondary N) is 1. The van der Waals surface area contributed by atoms with E-state index in [1.54, 1.807) is 24.3 Å². The van der Waals surface area contributed by atoms with Gasteiger partial charge in [-0.25, -0.2) is 8.42 Å². The fourth-order valence-electron chi connectivity index (χ4n) is 2.17. The van der Waals surface area contributed by atoms with Crippen molar-refractivity contribution in [2.75, 3.05) is 30.3 Å². The van der Waals surface area contributed by atoms with Crippen molar-refractivity contribution < 1.29 is 22.7 Å². The minimum Gasteiger partial charge on any atom is -0.491 e. The number of carbonyl (C=O) groups excluding carboxylic acids is 1. The highest BCUT2D eigenvalue weighted by molar-refractivity contribution is 7.92. The smallest absolute Gasteiger partial charge is 0.240 e. The number of sulfonamides is 1. The highest BCUT2D eigenvalue weighted by Crippen LogP contribution is 2.22. The number of amides is 1. The molecular weight excluding hydrogens is 356 g/mol. The molecule has 0 saturated heterocycles. The Bertz CT molecular complexity index is 657. The zero-order valence-corrected chi connectivity index (χ0v) is 17.0. The Hall–Kier alpha value is -1.80. The first-order valence-corrected chi connectivity index (χ1v) is 10.6. The van der Waals surface area contributed by atoms with Crippen LogP contribution >= 0.6 is 0 Å². The highest BCUT2D eigenvalue weighted by atomic mass is 32.2. The van der Waals surface area contributed by atoms with Gasteiger partial charge in [-0.05, 0) is 58.4 Å². The van der Waals surface area contributed by atoms with E-state index >= 15 is 0 Å². The summed E-state index contributed by atoms with van der Waals surface area (Å²) >= 11 is 0. The Morgan fingerprint density at radius 3 is 2.23 bits per heavy atom. The summed E-state index contributed by atoms with van der Waals surface area (Å²) in [6.07, 6.45) is 1.92. The Kier molecular flexibility index (Phi) is 8.87. The fraction of sp³-hybridized carbons (Fsp3) is 0.611. The van der Waals surface area contributed by atoms with Crippen LogP contribution in [0.3, 0.4) is 0 Å². The summed E-state index contributed by atoms with van der Waals surface area (Å²) in [5, 5.41) is 2.72. The Morgan fingerprint density at radius 1 is 1.12 bits per heavy atom. The first-order chi connectivity index (χ1) is 12.1. The van der Waals surface area contributed by atoms with Crippen LogP contribution in [0.4, 0.5) is 5.69 Å². The van der Waals surface area contributed by atoms with Gasteiger partial charge < -0.3 is 14.8 Å². The van der Waals surface area contributed by atoms with Gasteiger partial charge in [-0.2, -0.15) is 0 Å². The largest absolute Gasteiger partial charge is 0.491 e. The molecule has 0 heterocycles. The molecule has 7 nitrogen and oxygen atoms in total. The number of hydrogen-bond donors (Lipinski definition) is 1. The van der Waals surface area contributed by atoms with Gasteiger partial charge in [0.05, 0.1) is 24.2 Å². The molecule has 0 fully saturated rings.